The monoisotopic (exact) mass is 700 g/mol. The second-order valence-corrected chi connectivity index (χ2v) is 13.9. The van der Waals surface area contributed by atoms with Crippen LogP contribution in [0.1, 0.15) is 200 Å². The lowest BCUT2D eigenvalue weighted by Gasteiger charge is -2.17. The molecule has 0 rings (SSSR count). The van der Waals surface area contributed by atoms with Crippen LogP contribution in [-0.2, 0) is 19.1 Å². The first-order chi connectivity index (χ1) is 24.5. The Labute approximate surface area is 308 Å². The molecular formula is C44H77NO5. The SMILES string of the molecule is CC/C=C\C/C=C\C/C=C\C/C=C\CCC(CCCCCCCC(=O)NCC(=O)O)OC(=O)CCCCCCCCCCCCCCCCC. The minimum Gasteiger partial charge on any atom is -0.480 e. The Hall–Kier alpha value is -2.63. The highest BCUT2D eigenvalue weighted by Gasteiger charge is 2.14. The fourth-order valence-electron chi connectivity index (χ4n) is 5.98. The summed E-state index contributed by atoms with van der Waals surface area (Å²) in [4.78, 5) is 35.0. The van der Waals surface area contributed by atoms with Gasteiger partial charge in [0.2, 0.25) is 5.91 Å². The first-order valence-electron chi connectivity index (χ1n) is 20.8. The summed E-state index contributed by atoms with van der Waals surface area (Å²) in [5, 5.41) is 11.1. The molecule has 0 aliphatic carbocycles. The zero-order valence-corrected chi connectivity index (χ0v) is 32.5. The Morgan fingerprint density at radius 2 is 0.980 bits per heavy atom. The van der Waals surface area contributed by atoms with Gasteiger partial charge in [-0.3, -0.25) is 14.4 Å². The molecule has 0 spiro atoms. The summed E-state index contributed by atoms with van der Waals surface area (Å²) in [5.41, 5.74) is 0. The Kier molecular flexibility index (Phi) is 37.1. The number of hydrogen-bond acceptors (Lipinski definition) is 4. The summed E-state index contributed by atoms with van der Waals surface area (Å²) in [7, 11) is 0. The van der Waals surface area contributed by atoms with E-state index in [0.29, 0.717) is 12.8 Å². The Balaban J connectivity index is 4.27. The van der Waals surface area contributed by atoms with E-state index in [4.69, 9.17) is 9.84 Å². The molecule has 1 unspecified atom stereocenters. The van der Waals surface area contributed by atoms with Gasteiger partial charge in [0.25, 0.3) is 0 Å². The van der Waals surface area contributed by atoms with E-state index in [1.165, 1.54) is 83.5 Å². The largest absolute Gasteiger partial charge is 0.480 e. The van der Waals surface area contributed by atoms with Crippen molar-refractivity contribution < 1.29 is 24.2 Å². The molecule has 50 heavy (non-hydrogen) atoms. The number of aliphatic carboxylic acids is 1. The quantitative estimate of drug-likeness (QED) is 0.0382. The highest BCUT2D eigenvalue weighted by molar-refractivity contribution is 5.80. The van der Waals surface area contributed by atoms with Gasteiger partial charge in [0, 0.05) is 12.8 Å². The molecule has 6 heteroatoms. The number of nitrogens with one attached hydrogen (secondary N) is 1. The lowest BCUT2D eigenvalue weighted by atomic mass is 10.0. The van der Waals surface area contributed by atoms with Crippen molar-refractivity contribution in [2.24, 2.45) is 0 Å². The van der Waals surface area contributed by atoms with E-state index in [0.717, 1.165) is 89.9 Å². The maximum atomic E-state index is 12.7. The smallest absolute Gasteiger partial charge is 0.322 e. The van der Waals surface area contributed by atoms with Crippen LogP contribution in [-0.4, -0.2) is 35.6 Å². The summed E-state index contributed by atoms with van der Waals surface area (Å²) in [6.07, 6.45) is 49.5. The fourth-order valence-corrected chi connectivity index (χ4v) is 5.98. The van der Waals surface area contributed by atoms with E-state index in [1.807, 2.05) is 0 Å². The van der Waals surface area contributed by atoms with Crippen LogP contribution >= 0.6 is 0 Å². The van der Waals surface area contributed by atoms with Crippen molar-refractivity contribution in [1.29, 1.82) is 0 Å². The van der Waals surface area contributed by atoms with E-state index in [1.54, 1.807) is 0 Å². The van der Waals surface area contributed by atoms with Gasteiger partial charge in [-0.1, -0.05) is 172 Å². The van der Waals surface area contributed by atoms with Crippen molar-refractivity contribution in [2.75, 3.05) is 6.54 Å². The van der Waals surface area contributed by atoms with E-state index < -0.39 is 5.97 Å². The number of esters is 1. The predicted molar refractivity (Wildman–Crippen MR) is 212 cm³/mol. The third-order valence-electron chi connectivity index (χ3n) is 9.02. The van der Waals surface area contributed by atoms with E-state index in [9.17, 15) is 14.4 Å². The number of carboxylic acid groups (broad SMARTS) is 1. The van der Waals surface area contributed by atoms with Gasteiger partial charge in [-0.2, -0.15) is 0 Å². The molecule has 0 aromatic rings. The molecule has 1 atom stereocenters. The predicted octanol–water partition coefficient (Wildman–Crippen LogP) is 12.7. The molecule has 0 aromatic heterocycles. The number of carbonyl (C=O) groups excluding carboxylic acids is 2. The third kappa shape index (κ3) is 38.2. The molecule has 0 aromatic carbocycles. The van der Waals surface area contributed by atoms with Crippen LogP contribution < -0.4 is 5.32 Å². The molecular weight excluding hydrogens is 622 g/mol. The van der Waals surface area contributed by atoms with E-state index in [2.05, 4.69) is 67.8 Å². The van der Waals surface area contributed by atoms with Gasteiger partial charge < -0.3 is 15.2 Å². The Morgan fingerprint density at radius 3 is 1.48 bits per heavy atom. The van der Waals surface area contributed by atoms with Crippen LogP contribution in [0.5, 0.6) is 0 Å². The number of hydrogen-bond donors (Lipinski definition) is 2. The maximum Gasteiger partial charge on any atom is 0.322 e. The van der Waals surface area contributed by atoms with Gasteiger partial charge in [0.15, 0.2) is 0 Å². The van der Waals surface area contributed by atoms with Crippen molar-refractivity contribution in [2.45, 2.75) is 206 Å². The minimum absolute atomic E-state index is 0.0484. The lowest BCUT2D eigenvalue weighted by Crippen LogP contribution is -2.28. The fraction of sp³-hybridized carbons (Fsp3) is 0.750. The number of ether oxygens (including phenoxy) is 1. The summed E-state index contributed by atoms with van der Waals surface area (Å²) in [6.45, 7) is 4.10. The minimum atomic E-state index is -1.02. The number of rotatable bonds is 37. The molecule has 288 valence electrons. The number of allylic oxidation sites excluding steroid dienone is 8. The molecule has 0 fully saturated rings. The number of amides is 1. The molecule has 0 radical (unpaired) electrons. The van der Waals surface area contributed by atoms with Gasteiger partial charge in [-0.15, -0.1) is 0 Å². The first kappa shape index (κ1) is 47.4. The normalized spacial score (nSPS) is 12.5. The van der Waals surface area contributed by atoms with Gasteiger partial charge in [-0.05, 0) is 64.2 Å². The van der Waals surface area contributed by atoms with Crippen LogP contribution in [0.15, 0.2) is 48.6 Å². The molecule has 6 nitrogen and oxygen atoms in total. The zero-order valence-electron chi connectivity index (χ0n) is 32.5. The molecule has 0 saturated heterocycles. The van der Waals surface area contributed by atoms with Crippen LogP contribution in [0.4, 0.5) is 0 Å². The molecule has 0 bridgehead atoms. The van der Waals surface area contributed by atoms with Crippen LogP contribution in [0.2, 0.25) is 0 Å². The number of unbranched alkanes of at least 4 members (excludes halogenated alkanes) is 18. The first-order valence-corrected chi connectivity index (χ1v) is 20.8. The molecule has 2 N–H and O–H groups in total. The number of carboxylic acids is 1. The van der Waals surface area contributed by atoms with Crippen LogP contribution in [0, 0.1) is 0 Å². The molecule has 0 aliphatic rings. The van der Waals surface area contributed by atoms with Crippen molar-refractivity contribution in [3.63, 3.8) is 0 Å². The Morgan fingerprint density at radius 1 is 0.540 bits per heavy atom. The summed E-state index contributed by atoms with van der Waals surface area (Å²) in [6, 6.07) is 0. The summed E-state index contributed by atoms with van der Waals surface area (Å²) in [5.74, 6) is -1.28. The van der Waals surface area contributed by atoms with Crippen molar-refractivity contribution in [1.82, 2.24) is 5.32 Å². The second-order valence-electron chi connectivity index (χ2n) is 13.9. The summed E-state index contributed by atoms with van der Waals surface area (Å²) < 4.78 is 5.98. The zero-order chi connectivity index (χ0) is 36.6. The van der Waals surface area contributed by atoms with E-state index >= 15 is 0 Å². The maximum absolute atomic E-state index is 12.7. The average molecular weight is 700 g/mol. The Bertz CT molecular complexity index is 906. The van der Waals surface area contributed by atoms with Crippen molar-refractivity contribution in [3.8, 4) is 0 Å². The molecule has 0 heterocycles. The second kappa shape index (κ2) is 39.2. The van der Waals surface area contributed by atoms with Crippen LogP contribution in [0.3, 0.4) is 0 Å². The lowest BCUT2D eigenvalue weighted by molar-refractivity contribution is -0.150. The third-order valence-corrected chi connectivity index (χ3v) is 9.02. The molecule has 1 amide bonds. The van der Waals surface area contributed by atoms with Gasteiger partial charge in [0.05, 0.1) is 0 Å². The van der Waals surface area contributed by atoms with Gasteiger partial charge >= 0.3 is 11.9 Å². The van der Waals surface area contributed by atoms with Crippen LogP contribution in [0.25, 0.3) is 0 Å². The van der Waals surface area contributed by atoms with Gasteiger partial charge in [0.1, 0.15) is 12.6 Å². The topological polar surface area (TPSA) is 92.7 Å². The van der Waals surface area contributed by atoms with Crippen molar-refractivity contribution in [3.05, 3.63) is 48.6 Å². The molecule has 0 aliphatic heterocycles. The highest BCUT2D eigenvalue weighted by Crippen LogP contribution is 2.17. The molecule has 0 saturated carbocycles. The van der Waals surface area contributed by atoms with E-state index in [-0.39, 0.29) is 24.5 Å². The summed E-state index contributed by atoms with van der Waals surface area (Å²) >= 11 is 0. The highest BCUT2D eigenvalue weighted by atomic mass is 16.5. The standard InChI is InChI=1S/C44H77NO5/c1-3-5-7-9-11-13-15-17-18-20-22-24-26-31-35-39-44(49)50-41(37-33-29-27-30-34-38-42(46)45-40-43(47)48)36-32-28-25-23-21-19-16-14-12-10-8-6-4-2/h6,8,12,14,19,21,25,28,41H,3-5,7,9-11,13,15-18,20,22-24,26-27,29-40H2,1-2H3,(H,45,46)(H,47,48)/b8-6-,14-12-,21-19-,28-25-. The average Bonchev–Trinajstić information content (AvgIpc) is 3.10. The van der Waals surface area contributed by atoms with Gasteiger partial charge in [-0.25, -0.2) is 0 Å². The number of carbonyl (C=O) groups is 3. The van der Waals surface area contributed by atoms with Crippen molar-refractivity contribution >= 4 is 17.8 Å².